The van der Waals surface area contributed by atoms with Crippen LogP contribution in [-0.2, 0) is 17.1 Å². The summed E-state index contributed by atoms with van der Waals surface area (Å²) in [4.78, 5) is 30.0. The molecule has 1 atom stereocenters. The van der Waals surface area contributed by atoms with E-state index < -0.39 is 58.2 Å². The van der Waals surface area contributed by atoms with E-state index in [4.69, 9.17) is 4.74 Å². The highest BCUT2D eigenvalue weighted by atomic mass is 19.4. The number of carbonyl (C=O) groups is 2. The number of ether oxygens (including phenoxy) is 1. The smallest absolute Gasteiger partial charge is 0.433 e. The zero-order valence-corrected chi connectivity index (χ0v) is 17.4. The van der Waals surface area contributed by atoms with Gasteiger partial charge in [-0.2, -0.15) is 26.3 Å². The summed E-state index contributed by atoms with van der Waals surface area (Å²) in [6, 6.07) is 1.99. The first-order valence-corrected chi connectivity index (χ1v) is 9.71. The number of halogens is 6. The molecule has 0 N–H and O–H groups in total. The van der Waals surface area contributed by atoms with Crippen molar-refractivity contribution in [3.63, 3.8) is 0 Å². The predicted molar refractivity (Wildman–Crippen MR) is 102 cm³/mol. The first-order valence-electron chi connectivity index (χ1n) is 9.71. The average molecular weight is 462 g/mol. The van der Waals surface area contributed by atoms with E-state index in [1.807, 2.05) is 0 Å². The zero-order valence-electron chi connectivity index (χ0n) is 17.4. The van der Waals surface area contributed by atoms with Crippen molar-refractivity contribution in [3.05, 3.63) is 41.1 Å². The molecule has 1 aliphatic rings. The van der Waals surface area contributed by atoms with Gasteiger partial charge >= 0.3 is 18.4 Å². The molecule has 2 aromatic rings. The fourth-order valence-electron chi connectivity index (χ4n) is 3.58. The number of likely N-dealkylation sites (tertiary alicyclic amines) is 1. The maximum atomic E-state index is 13.4. The Bertz CT molecular complexity index is 1060. The quantitative estimate of drug-likeness (QED) is 0.415. The minimum atomic E-state index is -5.08. The van der Waals surface area contributed by atoms with Crippen molar-refractivity contribution >= 4 is 22.8 Å². The molecule has 0 spiro atoms. The predicted octanol–water partition coefficient (Wildman–Crippen LogP) is 5.85. The van der Waals surface area contributed by atoms with Gasteiger partial charge in [-0.1, -0.05) is 12.1 Å². The monoisotopic (exact) mass is 462 g/mol. The zero-order chi connectivity index (χ0) is 24.1. The number of ketones is 1. The van der Waals surface area contributed by atoms with E-state index in [1.165, 1.54) is 0 Å². The van der Waals surface area contributed by atoms with Crippen LogP contribution in [0.3, 0.4) is 0 Å². The third-order valence-electron chi connectivity index (χ3n) is 4.88. The second-order valence-electron chi connectivity index (χ2n) is 8.45. The standard InChI is InChI=1S/C21H20F6N2O3/c1-19(2,3)32-18(31)29-9-5-8-14(29)17(30)12-10-15(21(25,26)27)28-16-11(12)6-4-7-13(16)20(22,23)24/h4,6-7,10,14H,5,8-9H2,1-3H3. The number of pyridine rings is 1. The number of alkyl halides is 6. The van der Waals surface area contributed by atoms with Gasteiger partial charge in [-0.25, -0.2) is 9.78 Å². The molecular weight excluding hydrogens is 442 g/mol. The van der Waals surface area contributed by atoms with E-state index in [0.717, 1.165) is 17.0 Å². The summed E-state index contributed by atoms with van der Waals surface area (Å²) in [5, 5.41) is -0.367. The van der Waals surface area contributed by atoms with Crippen molar-refractivity contribution in [2.75, 3.05) is 6.54 Å². The minimum Gasteiger partial charge on any atom is -0.444 e. The lowest BCUT2D eigenvalue weighted by Crippen LogP contribution is -2.43. The van der Waals surface area contributed by atoms with Crippen LogP contribution in [0.25, 0.3) is 10.9 Å². The second-order valence-corrected chi connectivity index (χ2v) is 8.45. The third-order valence-corrected chi connectivity index (χ3v) is 4.88. The van der Waals surface area contributed by atoms with Crippen molar-refractivity contribution in [2.45, 2.75) is 57.6 Å². The number of amides is 1. The fraction of sp³-hybridized carbons (Fsp3) is 0.476. The van der Waals surface area contributed by atoms with Crippen LogP contribution >= 0.6 is 0 Å². The van der Waals surface area contributed by atoms with Gasteiger partial charge in [-0.05, 0) is 45.7 Å². The van der Waals surface area contributed by atoms with E-state index in [1.54, 1.807) is 20.8 Å². The Labute approximate surface area is 179 Å². The number of para-hydroxylation sites is 1. The molecule has 1 aliphatic heterocycles. The molecule has 0 saturated carbocycles. The van der Waals surface area contributed by atoms with E-state index >= 15 is 0 Å². The number of aromatic nitrogens is 1. The first-order chi connectivity index (χ1) is 14.6. The first kappa shape index (κ1) is 23.8. The molecule has 1 aromatic heterocycles. The number of nitrogens with zero attached hydrogens (tertiary/aromatic N) is 2. The highest BCUT2D eigenvalue weighted by Gasteiger charge is 2.41. The molecule has 0 aliphatic carbocycles. The SMILES string of the molecule is CC(C)(C)OC(=O)N1CCCC1C(=O)c1cc(C(F)(F)F)nc2c(C(F)(F)F)cccc12. The van der Waals surface area contributed by atoms with Crippen LogP contribution in [0.15, 0.2) is 24.3 Å². The molecule has 5 nitrogen and oxygen atoms in total. The van der Waals surface area contributed by atoms with Gasteiger partial charge in [-0.3, -0.25) is 9.69 Å². The van der Waals surface area contributed by atoms with Gasteiger partial charge in [0.1, 0.15) is 11.3 Å². The summed E-state index contributed by atoms with van der Waals surface area (Å²) in [5.74, 6) is -0.898. The van der Waals surface area contributed by atoms with Crippen molar-refractivity contribution in [1.29, 1.82) is 0 Å². The third kappa shape index (κ3) is 4.81. The Hall–Kier alpha value is -2.85. The molecule has 1 unspecified atom stereocenters. The molecule has 1 amide bonds. The van der Waals surface area contributed by atoms with E-state index in [-0.39, 0.29) is 18.4 Å². The largest absolute Gasteiger partial charge is 0.444 e. The van der Waals surface area contributed by atoms with Gasteiger partial charge in [0, 0.05) is 17.5 Å². The summed E-state index contributed by atoms with van der Waals surface area (Å²) >= 11 is 0. The van der Waals surface area contributed by atoms with E-state index in [0.29, 0.717) is 18.6 Å². The minimum absolute atomic E-state index is 0.133. The van der Waals surface area contributed by atoms with Gasteiger partial charge < -0.3 is 4.74 Å². The van der Waals surface area contributed by atoms with Crippen LogP contribution in [0.1, 0.15) is 55.2 Å². The fourth-order valence-corrected chi connectivity index (χ4v) is 3.58. The van der Waals surface area contributed by atoms with Crippen LogP contribution in [0.5, 0.6) is 0 Å². The maximum absolute atomic E-state index is 13.4. The number of benzene rings is 1. The summed E-state index contributed by atoms with van der Waals surface area (Å²) in [6.07, 6.45) is -10.4. The topological polar surface area (TPSA) is 59.5 Å². The van der Waals surface area contributed by atoms with Crippen LogP contribution in [0.4, 0.5) is 31.1 Å². The Morgan fingerprint density at radius 2 is 1.72 bits per heavy atom. The average Bonchev–Trinajstić information content (AvgIpc) is 3.13. The molecule has 1 fully saturated rings. The van der Waals surface area contributed by atoms with Gasteiger partial charge in [0.2, 0.25) is 0 Å². The highest BCUT2D eigenvalue weighted by molar-refractivity contribution is 6.11. The number of hydrogen-bond donors (Lipinski definition) is 0. The Morgan fingerprint density at radius 3 is 2.28 bits per heavy atom. The number of carbonyl (C=O) groups excluding carboxylic acids is 2. The van der Waals surface area contributed by atoms with Crippen molar-refractivity contribution < 1.29 is 40.7 Å². The van der Waals surface area contributed by atoms with E-state index in [9.17, 15) is 35.9 Å². The normalized spacial score (nSPS) is 17.7. The van der Waals surface area contributed by atoms with Crippen LogP contribution in [0.2, 0.25) is 0 Å². The molecule has 0 bridgehead atoms. The van der Waals surface area contributed by atoms with Crippen molar-refractivity contribution in [1.82, 2.24) is 9.88 Å². The Kier molecular flexibility index (Phi) is 5.90. The molecular formula is C21H20F6N2O3. The lowest BCUT2D eigenvalue weighted by atomic mass is 9.96. The summed E-state index contributed by atoms with van der Waals surface area (Å²) in [6.45, 7) is 4.97. The molecule has 174 valence electrons. The van der Waals surface area contributed by atoms with Gasteiger partial charge in [0.25, 0.3) is 0 Å². The van der Waals surface area contributed by atoms with Gasteiger partial charge in [-0.15, -0.1) is 0 Å². The molecule has 3 rings (SSSR count). The summed E-state index contributed by atoms with van der Waals surface area (Å²) in [5.41, 5.74) is -5.42. The lowest BCUT2D eigenvalue weighted by molar-refractivity contribution is -0.142. The number of rotatable bonds is 2. The number of Topliss-reactive ketones (excluding diaryl/α,β-unsaturated/α-hetero) is 1. The van der Waals surface area contributed by atoms with Crippen LogP contribution in [0, 0.1) is 0 Å². The van der Waals surface area contributed by atoms with Crippen LogP contribution in [-0.4, -0.2) is 39.9 Å². The molecule has 0 radical (unpaired) electrons. The lowest BCUT2D eigenvalue weighted by Gasteiger charge is -2.28. The molecule has 32 heavy (non-hydrogen) atoms. The van der Waals surface area contributed by atoms with Crippen LogP contribution < -0.4 is 0 Å². The Balaban J connectivity index is 2.15. The molecule has 11 heteroatoms. The van der Waals surface area contributed by atoms with Gasteiger partial charge in [0.05, 0.1) is 17.1 Å². The summed E-state index contributed by atoms with van der Waals surface area (Å²) in [7, 11) is 0. The summed E-state index contributed by atoms with van der Waals surface area (Å²) < 4.78 is 85.8. The number of fused-ring (bicyclic) bond motifs is 1. The highest BCUT2D eigenvalue weighted by Crippen LogP contribution is 2.38. The molecule has 1 aromatic carbocycles. The number of hydrogen-bond acceptors (Lipinski definition) is 4. The second kappa shape index (κ2) is 7.93. The Morgan fingerprint density at radius 1 is 1.06 bits per heavy atom. The van der Waals surface area contributed by atoms with E-state index in [2.05, 4.69) is 4.98 Å². The van der Waals surface area contributed by atoms with Gasteiger partial charge in [0.15, 0.2) is 5.78 Å². The molecule has 1 saturated heterocycles. The maximum Gasteiger partial charge on any atom is 0.433 e. The molecule has 2 heterocycles. The van der Waals surface area contributed by atoms with Crippen molar-refractivity contribution in [2.24, 2.45) is 0 Å². The van der Waals surface area contributed by atoms with Crippen molar-refractivity contribution in [3.8, 4) is 0 Å².